The number of rotatable bonds is 5. The van der Waals surface area contributed by atoms with E-state index >= 15 is 0 Å². The van der Waals surface area contributed by atoms with Gasteiger partial charge in [0.25, 0.3) is 0 Å². The van der Waals surface area contributed by atoms with E-state index in [-0.39, 0.29) is 0 Å². The molecule has 0 saturated heterocycles. The molecular weight excluding hydrogens is 282 g/mol. The Morgan fingerprint density at radius 3 is 2.65 bits per heavy atom. The molecule has 1 aromatic carbocycles. The van der Waals surface area contributed by atoms with Crippen LogP contribution in [0.3, 0.4) is 0 Å². The van der Waals surface area contributed by atoms with Crippen LogP contribution >= 0.6 is 11.8 Å². The molecule has 20 heavy (non-hydrogen) atoms. The number of amides is 1. The van der Waals surface area contributed by atoms with Crippen LogP contribution in [0.5, 0.6) is 0 Å². The lowest BCUT2D eigenvalue weighted by Gasteiger charge is -2.16. The Kier molecular flexibility index (Phi) is 4.29. The van der Waals surface area contributed by atoms with Crippen molar-refractivity contribution in [2.45, 2.75) is 23.3 Å². The van der Waals surface area contributed by atoms with Gasteiger partial charge in [0, 0.05) is 10.6 Å². The third-order valence-electron chi connectivity index (χ3n) is 3.01. The van der Waals surface area contributed by atoms with Gasteiger partial charge in [-0.25, -0.2) is 4.79 Å². The van der Waals surface area contributed by atoms with Gasteiger partial charge in [0.05, 0.1) is 12.3 Å². The minimum absolute atomic E-state index is 0.438. The fourth-order valence-corrected chi connectivity index (χ4v) is 3.26. The Balaban J connectivity index is 2.09. The lowest BCUT2D eigenvalue weighted by molar-refractivity contribution is -0.147. The second-order valence-electron chi connectivity index (χ2n) is 4.40. The number of carbonyl (C=O) groups is 3. The largest absolute Gasteiger partial charge is 0.481 e. The zero-order chi connectivity index (χ0) is 14.7. The van der Waals surface area contributed by atoms with E-state index in [0.717, 1.165) is 10.5 Å². The Labute approximate surface area is 119 Å². The van der Waals surface area contributed by atoms with Gasteiger partial charge in [-0.05, 0) is 11.6 Å². The molecule has 0 aromatic heterocycles. The molecule has 2 rings (SSSR count). The number of fused-ring (bicyclic) bond motifs is 1. The topological polar surface area (TPSA) is 104 Å². The van der Waals surface area contributed by atoms with E-state index in [2.05, 4.69) is 5.32 Å². The normalized spacial score (nSPS) is 18.1. The van der Waals surface area contributed by atoms with Crippen LogP contribution < -0.4 is 5.32 Å². The predicted octanol–water partition coefficient (Wildman–Crippen LogP) is 0.920. The lowest BCUT2D eigenvalue weighted by atomic mass is 10.00. The predicted molar refractivity (Wildman–Crippen MR) is 71.7 cm³/mol. The monoisotopic (exact) mass is 295 g/mol. The first-order valence-corrected chi connectivity index (χ1v) is 6.94. The van der Waals surface area contributed by atoms with Crippen LogP contribution in [-0.2, 0) is 14.4 Å². The second kappa shape index (κ2) is 5.96. The summed E-state index contributed by atoms with van der Waals surface area (Å²) in [5.74, 6) is -2.97. The highest BCUT2D eigenvalue weighted by molar-refractivity contribution is 7.99. The van der Waals surface area contributed by atoms with Gasteiger partial charge in [0.1, 0.15) is 6.04 Å². The van der Waals surface area contributed by atoms with E-state index < -0.39 is 36.2 Å². The summed E-state index contributed by atoms with van der Waals surface area (Å²) in [5.41, 5.74) is 0.856. The van der Waals surface area contributed by atoms with Crippen LogP contribution in [0.4, 0.5) is 0 Å². The fraction of sp³-hybridized carbons (Fsp3) is 0.308. The van der Waals surface area contributed by atoms with Gasteiger partial charge >= 0.3 is 11.9 Å². The van der Waals surface area contributed by atoms with Crippen LogP contribution in [0.15, 0.2) is 29.2 Å². The summed E-state index contributed by atoms with van der Waals surface area (Å²) in [7, 11) is 0. The Morgan fingerprint density at radius 2 is 2.00 bits per heavy atom. The second-order valence-corrected chi connectivity index (χ2v) is 5.46. The number of benzene rings is 1. The van der Waals surface area contributed by atoms with Crippen LogP contribution in [0, 0.1) is 0 Å². The number of carbonyl (C=O) groups excluding carboxylic acids is 1. The van der Waals surface area contributed by atoms with E-state index in [4.69, 9.17) is 10.2 Å². The van der Waals surface area contributed by atoms with Gasteiger partial charge in [-0.2, -0.15) is 0 Å². The van der Waals surface area contributed by atoms with Crippen molar-refractivity contribution < 1.29 is 24.6 Å². The summed E-state index contributed by atoms with van der Waals surface area (Å²) < 4.78 is 0. The summed E-state index contributed by atoms with van der Waals surface area (Å²) in [6.07, 6.45) is -0.636. The maximum Gasteiger partial charge on any atom is 0.326 e. The van der Waals surface area contributed by atoms with Gasteiger partial charge in [0.15, 0.2) is 0 Å². The first kappa shape index (κ1) is 14.4. The third kappa shape index (κ3) is 3.11. The van der Waals surface area contributed by atoms with Crippen molar-refractivity contribution in [2.75, 3.05) is 5.75 Å². The molecule has 2 atom stereocenters. The summed E-state index contributed by atoms with van der Waals surface area (Å²) in [4.78, 5) is 34.7. The molecule has 2 unspecified atom stereocenters. The van der Waals surface area contributed by atoms with Crippen molar-refractivity contribution in [1.29, 1.82) is 0 Å². The molecule has 1 amide bonds. The van der Waals surface area contributed by atoms with Crippen molar-refractivity contribution in [3.63, 3.8) is 0 Å². The molecule has 0 spiro atoms. The fourth-order valence-electron chi connectivity index (χ4n) is 2.03. The first-order valence-electron chi connectivity index (χ1n) is 5.95. The van der Waals surface area contributed by atoms with Crippen LogP contribution in [0.1, 0.15) is 17.9 Å². The van der Waals surface area contributed by atoms with Crippen molar-refractivity contribution in [2.24, 2.45) is 0 Å². The number of nitrogens with one attached hydrogen (secondary N) is 1. The van der Waals surface area contributed by atoms with E-state index in [1.165, 1.54) is 11.8 Å². The molecule has 0 saturated carbocycles. The molecule has 1 aromatic rings. The zero-order valence-electron chi connectivity index (χ0n) is 10.4. The standard InChI is InChI=1S/C13H13NO5S/c15-11(16)5-9(13(18)19)14-12(17)8-6-20-10-4-2-1-3-7(8)10/h1-4,8-9H,5-6H2,(H,14,17)(H,15,16)(H,18,19). The van der Waals surface area contributed by atoms with Crippen molar-refractivity contribution in [3.8, 4) is 0 Å². The quantitative estimate of drug-likeness (QED) is 0.746. The summed E-state index contributed by atoms with van der Waals surface area (Å²) >= 11 is 1.53. The van der Waals surface area contributed by atoms with E-state index in [1.54, 1.807) is 0 Å². The number of hydrogen-bond donors (Lipinski definition) is 3. The summed E-state index contributed by atoms with van der Waals surface area (Å²) in [5, 5.41) is 19.9. The van der Waals surface area contributed by atoms with Crippen molar-refractivity contribution in [1.82, 2.24) is 5.32 Å². The molecule has 0 radical (unpaired) electrons. The summed E-state index contributed by atoms with van der Waals surface area (Å²) in [6.45, 7) is 0. The average molecular weight is 295 g/mol. The number of hydrogen-bond acceptors (Lipinski definition) is 4. The molecule has 0 bridgehead atoms. The maximum atomic E-state index is 12.1. The van der Waals surface area contributed by atoms with Crippen molar-refractivity contribution in [3.05, 3.63) is 29.8 Å². The van der Waals surface area contributed by atoms with Gasteiger partial charge in [-0.3, -0.25) is 9.59 Å². The minimum Gasteiger partial charge on any atom is -0.481 e. The molecule has 7 heteroatoms. The minimum atomic E-state index is -1.40. The molecule has 0 aliphatic carbocycles. The molecule has 3 N–H and O–H groups in total. The lowest BCUT2D eigenvalue weighted by Crippen LogP contribution is -2.44. The Hall–Kier alpha value is -2.02. The van der Waals surface area contributed by atoms with Gasteiger partial charge < -0.3 is 15.5 Å². The average Bonchev–Trinajstić information content (AvgIpc) is 2.81. The SMILES string of the molecule is O=C(O)CC(NC(=O)C1CSc2ccccc21)C(=O)O. The first-order chi connectivity index (χ1) is 9.49. The van der Waals surface area contributed by atoms with Gasteiger partial charge in [-0.15, -0.1) is 11.8 Å². The van der Waals surface area contributed by atoms with Crippen LogP contribution in [0.25, 0.3) is 0 Å². The molecular formula is C13H13NO5S. The third-order valence-corrected chi connectivity index (χ3v) is 4.19. The number of thioether (sulfide) groups is 1. The smallest absolute Gasteiger partial charge is 0.326 e. The van der Waals surface area contributed by atoms with Crippen molar-refractivity contribution >= 4 is 29.6 Å². The van der Waals surface area contributed by atoms with E-state index in [0.29, 0.717) is 5.75 Å². The molecule has 1 heterocycles. The number of carboxylic acid groups (broad SMARTS) is 2. The highest BCUT2D eigenvalue weighted by Gasteiger charge is 2.32. The maximum absolute atomic E-state index is 12.1. The van der Waals surface area contributed by atoms with E-state index in [1.807, 2.05) is 24.3 Å². The molecule has 1 aliphatic heterocycles. The Morgan fingerprint density at radius 1 is 1.30 bits per heavy atom. The number of carboxylic acids is 2. The molecule has 106 valence electrons. The van der Waals surface area contributed by atoms with E-state index in [9.17, 15) is 14.4 Å². The molecule has 6 nitrogen and oxygen atoms in total. The summed E-state index contributed by atoms with van der Waals surface area (Å²) in [6, 6.07) is 6.01. The highest BCUT2D eigenvalue weighted by Crippen LogP contribution is 2.39. The molecule has 0 fully saturated rings. The molecule has 1 aliphatic rings. The zero-order valence-corrected chi connectivity index (χ0v) is 11.2. The van der Waals surface area contributed by atoms with Gasteiger partial charge in [-0.1, -0.05) is 18.2 Å². The Bertz CT molecular complexity index is 559. The van der Waals surface area contributed by atoms with Crippen LogP contribution in [-0.4, -0.2) is 39.9 Å². The van der Waals surface area contributed by atoms with Crippen LogP contribution in [0.2, 0.25) is 0 Å². The number of aliphatic carboxylic acids is 2. The highest BCUT2D eigenvalue weighted by atomic mass is 32.2. The van der Waals surface area contributed by atoms with Gasteiger partial charge in [0.2, 0.25) is 5.91 Å².